The Balaban J connectivity index is 2.11. The van der Waals surface area contributed by atoms with Crippen LogP contribution in [0.5, 0.6) is 0 Å². The van der Waals surface area contributed by atoms with Gasteiger partial charge >= 0.3 is 0 Å². The Labute approximate surface area is 118 Å². The van der Waals surface area contributed by atoms with Gasteiger partial charge in [-0.2, -0.15) is 0 Å². The van der Waals surface area contributed by atoms with Crippen molar-refractivity contribution >= 4 is 28.9 Å². The standard InChI is InChI=1S/C14H18ClN3O/c1-9(10-7-16-8-10)14(19)17-11-4-5-13(18(2)3)12(15)6-11/h4-6,16H,7-8H2,1-3H3,(H,17,19). The molecule has 4 nitrogen and oxygen atoms in total. The molecule has 2 rings (SSSR count). The second-order valence-electron chi connectivity index (χ2n) is 4.85. The van der Waals surface area contributed by atoms with Crippen LogP contribution in [-0.2, 0) is 4.79 Å². The van der Waals surface area contributed by atoms with Crippen LogP contribution in [0, 0.1) is 0 Å². The van der Waals surface area contributed by atoms with Crippen molar-refractivity contribution in [1.29, 1.82) is 0 Å². The van der Waals surface area contributed by atoms with Gasteiger partial charge < -0.3 is 15.5 Å². The summed E-state index contributed by atoms with van der Waals surface area (Å²) < 4.78 is 0. The second-order valence-corrected chi connectivity index (χ2v) is 5.25. The number of amides is 1. The fourth-order valence-electron chi connectivity index (χ4n) is 1.85. The molecule has 0 atom stereocenters. The number of benzene rings is 1. The Morgan fingerprint density at radius 3 is 2.53 bits per heavy atom. The maximum Gasteiger partial charge on any atom is 0.251 e. The van der Waals surface area contributed by atoms with Gasteiger partial charge in [0.25, 0.3) is 5.91 Å². The summed E-state index contributed by atoms with van der Waals surface area (Å²) in [4.78, 5) is 14.0. The highest BCUT2D eigenvalue weighted by Crippen LogP contribution is 2.27. The highest BCUT2D eigenvalue weighted by atomic mass is 35.5. The molecule has 0 radical (unpaired) electrons. The lowest BCUT2D eigenvalue weighted by atomic mass is 10.0. The molecular formula is C14H18ClN3O. The van der Waals surface area contributed by atoms with Crippen molar-refractivity contribution in [2.75, 3.05) is 37.4 Å². The molecule has 5 heteroatoms. The lowest BCUT2D eigenvalue weighted by Gasteiger charge is -2.21. The van der Waals surface area contributed by atoms with Crippen LogP contribution in [0.15, 0.2) is 29.3 Å². The van der Waals surface area contributed by atoms with E-state index in [4.69, 9.17) is 11.6 Å². The van der Waals surface area contributed by atoms with Gasteiger partial charge in [-0.1, -0.05) is 11.6 Å². The van der Waals surface area contributed by atoms with E-state index >= 15 is 0 Å². The molecule has 2 N–H and O–H groups in total. The van der Waals surface area contributed by atoms with Crippen molar-refractivity contribution in [2.24, 2.45) is 0 Å². The van der Waals surface area contributed by atoms with Crippen molar-refractivity contribution in [2.45, 2.75) is 6.92 Å². The first-order valence-electron chi connectivity index (χ1n) is 6.16. The summed E-state index contributed by atoms with van der Waals surface area (Å²) in [6.07, 6.45) is 0. The molecule has 19 heavy (non-hydrogen) atoms. The van der Waals surface area contributed by atoms with Gasteiger partial charge in [0.15, 0.2) is 0 Å². The third-order valence-electron chi connectivity index (χ3n) is 3.24. The van der Waals surface area contributed by atoms with Gasteiger partial charge in [-0.05, 0) is 30.7 Å². The number of rotatable bonds is 3. The average molecular weight is 280 g/mol. The van der Waals surface area contributed by atoms with Crippen molar-refractivity contribution in [3.05, 3.63) is 34.4 Å². The summed E-state index contributed by atoms with van der Waals surface area (Å²) in [5.41, 5.74) is 3.59. The summed E-state index contributed by atoms with van der Waals surface area (Å²) >= 11 is 6.17. The van der Waals surface area contributed by atoms with Crippen molar-refractivity contribution in [3.63, 3.8) is 0 Å². The first kappa shape index (κ1) is 13.9. The minimum Gasteiger partial charge on any atom is -0.376 e. The second kappa shape index (κ2) is 5.63. The van der Waals surface area contributed by atoms with E-state index in [1.54, 1.807) is 6.07 Å². The van der Waals surface area contributed by atoms with Crippen LogP contribution in [0.1, 0.15) is 6.92 Å². The van der Waals surface area contributed by atoms with Crippen molar-refractivity contribution in [1.82, 2.24) is 5.32 Å². The molecule has 102 valence electrons. The summed E-state index contributed by atoms with van der Waals surface area (Å²) in [6.45, 7) is 3.46. The Morgan fingerprint density at radius 1 is 1.37 bits per heavy atom. The molecule has 1 amide bonds. The van der Waals surface area contributed by atoms with E-state index in [1.807, 2.05) is 38.1 Å². The largest absolute Gasteiger partial charge is 0.376 e. The van der Waals surface area contributed by atoms with Gasteiger partial charge in [-0.25, -0.2) is 0 Å². The van der Waals surface area contributed by atoms with Crippen molar-refractivity contribution in [3.8, 4) is 0 Å². The van der Waals surface area contributed by atoms with Crippen molar-refractivity contribution < 1.29 is 4.79 Å². The Hall–Kier alpha value is -1.52. The molecule has 0 aliphatic carbocycles. The number of carbonyl (C=O) groups excluding carboxylic acids is 1. The molecule has 1 aromatic rings. The quantitative estimate of drug-likeness (QED) is 0.835. The average Bonchev–Trinajstić information content (AvgIpc) is 2.25. The smallest absolute Gasteiger partial charge is 0.251 e. The van der Waals surface area contributed by atoms with Gasteiger partial charge in [0.05, 0.1) is 10.7 Å². The maximum absolute atomic E-state index is 12.0. The van der Waals surface area contributed by atoms with E-state index < -0.39 is 0 Å². The van der Waals surface area contributed by atoms with Gasteiger partial charge in [0.1, 0.15) is 0 Å². The summed E-state index contributed by atoms with van der Waals surface area (Å²) in [6, 6.07) is 5.52. The number of hydrogen-bond acceptors (Lipinski definition) is 3. The minimum absolute atomic E-state index is 0.0647. The molecule has 0 saturated carbocycles. The van der Waals surface area contributed by atoms with Gasteiger partial charge in [0.2, 0.25) is 0 Å². The maximum atomic E-state index is 12.0. The lowest BCUT2D eigenvalue weighted by molar-refractivity contribution is -0.112. The molecule has 0 spiro atoms. The molecular weight excluding hydrogens is 262 g/mol. The zero-order valence-electron chi connectivity index (χ0n) is 11.4. The predicted molar refractivity (Wildman–Crippen MR) is 80.0 cm³/mol. The molecule has 0 bridgehead atoms. The van der Waals surface area contributed by atoms with Crippen LogP contribution in [0.4, 0.5) is 11.4 Å². The number of carbonyl (C=O) groups is 1. The molecule has 0 unspecified atom stereocenters. The van der Waals surface area contributed by atoms with E-state index in [2.05, 4.69) is 10.6 Å². The monoisotopic (exact) mass is 279 g/mol. The molecule has 1 aromatic carbocycles. The van der Waals surface area contributed by atoms with Crippen LogP contribution in [0.2, 0.25) is 5.02 Å². The summed E-state index contributed by atoms with van der Waals surface area (Å²) in [5, 5.41) is 6.62. The number of hydrogen-bond donors (Lipinski definition) is 2. The highest BCUT2D eigenvalue weighted by Gasteiger charge is 2.16. The third kappa shape index (κ3) is 3.08. The Bertz CT molecular complexity index is 531. The van der Waals surface area contributed by atoms with Crippen LogP contribution in [-0.4, -0.2) is 33.1 Å². The van der Waals surface area contributed by atoms with Gasteiger partial charge in [0, 0.05) is 38.4 Å². The first-order valence-corrected chi connectivity index (χ1v) is 6.54. The molecule has 1 fully saturated rings. The highest BCUT2D eigenvalue weighted by molar-refractivity contribution is 6.33. The zero-order valence-corrected chi connectivity index (χ0v) is 12.1. The summed E-state index contributed by atoms with van der Waals surface area (Å²) in [5.74, 6) is -0.0647. The summed E-state index contributed by atoms with van der Waals surface area (Å²) in [7, 11) is 3.86. The van der Waals surface area contributed by atoms with Crippen LogP contribution in [0.3, 0.4) is 0 Å². The van der Waals surface area contributed by atoms with E-state index in [0.29, 0.717) is 10.7 Å². The third-order valence-corrected chi connectivity index (χ3v) is 3.54. The number of nitrogens with one attached hydrogen (secondary N) is 2. The molecule has 0 aromatic heterocycles. The number of halogens is 1. The van der Waals surface area contributed by atoms with Gasteiger partial charge in [-0.3, -0.25) is 4.79 Å². The van der Waals surface area contributed by atoms with E-state index in [0.717, 1.165) is 29.9 Å². The minimum atomic E-state index is -0.0647. The van der Waals surface area contributed by atoms with E-state index in [-0.39, 0.29) is 5.91 Å². The first-order chi connectivity index (χ1) is 8.99. The predicted octanol–water partition coefficient (Wildman–Crippen LogP) is 2.26. The zero-order chi connectivity index (χ0) is 14.0. The normalized spacial score (nSPS) is 13.8. The molecule has 1 aliphatic rings. The van der Waals surface area contributed by atoms with Crippen LogP contribution < -0.4 is 15.5 Å². The van der Waals surface area contributed by atoms with Crippen LogP contribution >= 0.6 is 11.6 Å². The SMILES string of the molecule is CC(C(=O)Nc1ccc(N(C)C)c(Cl)c1)=C1CNC1. The fraction of sp³-hybridized carbons (Fsp3) is 0.357. The Morgan fingerprint density at radius 2 is 2.05 bits per heavy atom. The van der Waals surface area contributed by atoms with E-state index in [1.165, 1.54) is 0 Å². The molecule has 1 saturated heterocycles. The molecule has 1 aliphatic heterocycles. The van der Waals surface area contributed by atoms with E-state index in [9.17, 15) is 4.79 Å². The topological polar surface area (TPSA) is 44.4 Å². The van der Waals surface area contributed by atoms with Crippen LogP contribution in [0.25, 0.3) is 0 Å². The Kier molecular flexibility index (Phi) is 4.12. The number of anilines is 2. The number of nitrogens with zero attached hydrogens (tertiary/aromatic N) is 1. The molecule has 1 heterocycles. The van der Waals surface area contributed by atoms with Gasteiger partial charge in [-0.15, -0.1) is 0 Å². The lowest BCUT2D eigenvalue weighted by Crippen LogP contribution is -2.36. The fourth-order valence-corrected chi connectivity index (χ4v) is 2.20.